The molecule has 0 radical (unpaired) electrons. The van der Waals surface area contributed by atoms with Crippen LogP contribution in [0.25, 0.3) is 5.57 Å². The molecule has 7 heteroatoms. The van der Waals surface area contributed by atoms with Crippen molar-refractivity contribution in [2.24, 2.45) is 17.1 Å². The van der Waals surface area contributed by atoms with Gasteiger partial charge in [0.15, 0.2) is 0 Å². The Balaban J connectivity index is 2.08. The van der Waals surface area contributed by atoms with E-state index in [0.29, 0.717) is 36.3 Å². The molecule has 0 heterocycles. The average Bonchev–Trinajstić information content (AvgIpc) is 2.91. The van der Waals surface area contributed by atoms with Crippen molar-refractivity contribution < 1.29 is 18.7 Å². The number of esters is 1. The molecule has 1 atom stereocenters. The molecular formula is C32H42ClFN2O3. The first-order valence-corrected chi connectivity index (χ1v) is 14.1. The fourth-order valence-electron chi connectivity index (χ4n) is 5.63. The van der Waals surface area contributed by atoms with Crippen LogP contribution >= 0.6 is 11.6 Å². The monoisotopic (exact) mass is 556 g/mol. The van der Waals surface area contributed by atoms with E-state index >= 15 is 0 Å². The van der Waals surface area contributed by atoms with E-state index in [2.05, 4.69) is 34.3 Å². The van der Waals surface area contributed by atoms with Crippen molar-refractivity contribution in [3.05, 3.63) is 76.6 Å². The highest BCUT2D eigenvalue weighted by Gasteiger charge is 2.45. The molecule has 0 saturated heterocycles. The molecule has 2 aromatic rings. The zero-order chi connectivity index (χ0) is 29.0. The molecular weight excluding hydrogens is 515 g/mol. The number of hydrogen-bond donors (Lipinski definition) is 1. The Morgan fingerprint density at radius 1 is 1.15 bits per heavy atom. The quantitative estimate of drug-likeness (QED) is 0.193. The maximum Gasteiger partial charge on any atom is 0.337 e. The highest BCUT2D eigenvalue weighted by molar-refractivity contribution is 6.31. The fourth-order valence-corrected chi connectivity index (χ4v) is 5.75. The van der Waals surface area contributed by atoms with E-state index in [4.69, 9.17) is 22.1 Å². The second-order valence-corrected chi connectivity index (χ2v) is 12.2. The van der Waals surface area contributed by atoms with Crippen molar-refractivity contribution in [1.82, 2.24) is 4.90 Å². The van der Waals surface area contributed by atoms with Crippen LogP contribution in [0.1, 0.15) is 100 Å². The number of amides is 1. The molecule has 1 fully saturated rings. The Kier molecular flexibility index (Phi) is 10.0. The first-order valence-electron chi connectivity index (χ1n) is 13.8. The summed E-state index contributed by atoms with van der Waals surface area (Å²) in [7, 11) is 1.35. The van der Waals surface area contributed by atoms with Crippen molar-refractivity contribution in [2.75, 3.05) is 7.11 Å². The largest absolute Gasteiger partial charge is 0.465 e. The van der Waals surface area contributed by atoms with Crippen molar-refractivity contribution in [2.45, 2.75) is 84.3 Å². The topological polar surface area (TPSA) is 72.6 Å². The van der Waals surface area contributed by atoms with Crippen LogP contribution in [0, 0.1) is 17.2 Å². The molecule has 1 unspecified atom stereocenters. The van der Waals surface area contributed by atoms with Crippen LogP contribution in [0.15, 0.2) is 49.0 Å². The summed E-state index contributed by atoms with van der Waals surface area (Å²) in [5.74, 6) is -0.864. The minimum absolute atomic E-state index is 0.0156. The number of nitrogens with zero attached hydrogens (tertiary/aromatic N) is 1. The lowest BCUT2D eigenvalue weighted by Crippen LogP contribution is -2.61. The van der Waals surface area contributed by atoms with Gasteiger partial charge < -0.3 is 15.4 Å². The zero-order valence-electron chi connectivity index (χ0n) is 23.9. The predicted molar refractivity (Wildman–Crippen MR) is 156 cm³/mol. The van der Waals surface area contributed by atoms with E-state index in [1.165, 1.54) is 19.2 Å². The van der Waals surface area contributed by atoms with Crippen LogP contribution in [0.2, 0.25) is 5.02 Å². The highest BCUT2D eigenvalue weighted by atomic mass is 35.5. The number of rotatable bonds is 9. The number of benzene rings is 2. The van der Waals surface area contributed by atoms with Crippen molar-refractivity contribution in [3.8, 4) is 0 Å². The Labute approximate surface area is 237 Å². The maximum atomic E-state index is 14.4. The number of ether oxygens (including phenoxy) is 1. The summed E-state index contributed by atoms with van der Waals surface area (Å²) in [6, 6.07) is 11.1. The van der Waals surface area contributed by atoms with Crippen molar-refractivity contribution >= 4 is 29.1 Å². The van der Waals surface area contributed by atoms with E-state index in [1.54, 1.807) is 23.1 Å². The van der Waals surface area contributed by atoms with Gasteiger partial charge in [-0.1, -0.05) is 76.9 Å². The summed E-state index contributed by atoms with van der Waals surface area (Å²) in [6.07, 6.45) is 5.57. The molecule has 0 spiro atoms. The van der Waals surface area contributed by atoms with Crippen molar-refractivity contribution in [1.29, 1.82) is 0 Å². The number of hydrogen-bond acceptors (Lipinski definition) is 4. The number of halogens is 2. The molecule has 0 aliphatic heterocycles. The summed E-state index contributed by atoms with van der Waals surface area (Å²) in [6.45, 7) is 12.9. The van der Waals surface area contributed by atoms with Gasteiger partial charge in [0.2, 0.25) is 0 Å². The smallest absolute Gasteiger partial charge is 0.337 e. The zero-order valence-corrected chi connectivity index (χ0v) is 24.6. The number of carbonyl (C=O) groups is 2. The number of carbonyl (C=O) groups excluding carboxylic acids is 2. The van der Waals surface area contributed by atoms with Crippen molar-refractivity contribution in [3.63, 3.8) is 0 Å². The standard InChI is InChI=1S/C32H42ClFN2O3/c1-7-8-9-28(22-10-12-23(13-11-22)30(38)39-6)36(32(35)18-16-25(17-19-32)31(3,4)5)29(37)21(2)24-14-15-26(33)27(34)20-24/h10-15,20,25,28H,2,7-9,16-19,35H2,1,3-6H3. The van der Waals surface area contributed by atoms with E-state index in [0.717, 1.165) is 31.2 Å². The first kappa shape index (κ1) is 30.8. The molecule has 2 aromatic carbocycles. The number of methoxy groups -OCH3 is 1. The Bertz CT molecular complexity index is 1180. The van der Waals surface area contributed by atoms with Gasteiger partial charge in [-0.25, -0.2) is 9.18 Å². The lowest BCUT2D eigenvalue weighted by atomic mass is 9.69. The SMILES string of the molecule is C=C(C(=O)N(C(CCCC)c1ccc(C(=O)OC)cc1)C1(N)CCC(C(C)(C)C)CC1)c1ccc(Cl)c(F)c1. The van der Waals surface area contributed by atoms with Crippen LogP contribution in [0.3, 0.4) is 0 Å². The van der Waals surface area contributed by atoms with Gasteiger partial charge in [-0.3, -0.25) is 4.79 Å². The van der Waals surface area contributed by atoms with Gasteiger partial charge in [0.25, 0.3) is 5.91 Å². The second kappa shape index (κ2) is 12.6. The van der Waals surface area contributed by atoms with Gasteiger partial charge in [-0.2, -0.15) is 0 Å². The van der Waals surface area contributed by atoms with Gasteiger partial charge in [0, 0.05) is 5.57 Å². The molecule has 2 N–H and O–H groups in total. The minimum atomic E-state index is -0.911. The Hall–Kier alpha value is -2.70. The molecule has 0 bridgehead atoms. The average molecular weight is 557 g/mol. The van der Waals surface area contributed by atoms with E-state index in [1.807, 2.05) is 12.1 Å². The van der Waals surface area contributed by atoms with Crippen LogP contribution in [0.5, 0.6) is 0 Å². The molecule has 1 aliphatic carbocycles. The third-order valence-electron chi connectivity index (χ3n) is 8.16. The van der Waals surface area contributed by atoms with Gasteiger partial charge >= 0.3 is 5.97 Å². The minimum Gasteiger partial charge on any atom is -0.465 e. The molecule has 1 saturated carbocycles. The number of unbranched alkanes of at least 4 members (excludes halogenated alkanes) is 1. The fraction of sp³-hybridized carbons (Fsp3) is 0.500. The molecule has 3 rings (SSSR count). The van der Waals surface area contributed by atoms with Crippen LogP contribution < -0.4 is 5.73 Å². The molecule has 212 valence electrons. The Morgan fingerprint density at radius 3 is 2.26 bits per heavy atom. The third-order valence-corrected chi connectivity index (χ3v) is 8.47. The number of nitrogens with two attached hydrogens (primary N) is 1. The summed E-state index contributed by atoms with van der Waals surface area (Å²) in [5.41, 5.74) is 8.27. The van der Waals surface area contributed by atoms with Gasteiger partial charge in [0.05, 0.1) is 29.4 Å². The normalized spacial score (nSPS) is 20.3. The van der Waals surface area contributed by atoms with Gasteiger partial charge in [-0.15, -0.1) is 0 Å². The van der Waals surface area contributed by atoms with E-state index < -0.39 is 17.4 Å². The summed E-state index contributed by atoms with van der Waals surface area (Å²) in [4.78, 5) is 28.2. The van der Waals surface area contributed by atoms with Crippen LogP contribution in [-0.2, 0) is 9.53 Å². The summed E-state index contributed by atoms with van der Waals surface area (Å²) in [5, 5.41) is -0.0156. The maximum absolute atomic E-state index is 14.4. The van der Waals surface area contributed by atoms with E-state index in [-0.39, 0.29) is 28.0 Å². The molecule has 39 heavy (non-hydrogen) atoms. The summed E-state index contributed by atoms with van der Waals surface area (Å²) >= 11 is 5.90. The van der Waals surface area contributed by atoms with Gasteiger partial charge in [0.1, 0.15) is 5.82 Å². The third kappa shape index (κ3) is 7.09. The van der Waals surface area contributed by atoms with Gasteiger partial charge in [-0.05, 0) is 78.8 Å². The second-order valence-electron chi connectivity index (χ2n) is 11.8. The summed E-state index contributed by atoms with van der Waals surface area (Å²) < 4.78 is 19.2. The predicted octanol–water partition coefficient (Wildman–Crippen LogP) is 7.93. The molecule has 5 nitrogen and oxygen atoms in total. The molecule has 1 amide bonds. The molecule has 0 aromatic heterocycles. The molecule has 1 aliphatic rings. The lowest BCUT2D eigenvalue weighted by Gasteiger charge is -2.51. The van der Waals surface area contributed by atoms with Crippen LogP contribution in [0.4, 0.5) is 4.39 Å². The first-order chi connectivity index (χ1) is 18.3. The van der Waals surface area contributed by atoms with E-state index in [9.17, 15) is 14.0 Å². The highest BCUT2D eigenvalue weighted by Crippen LogP contribution is 2.45. The Morgan fingerprint density at radius 2 is 1.74 bits per heavy atom. The lowest BCUT2D eigenvalue weighted by molar-refractivity contribution is -0.138. The van der Waals surface area contributed by atoms with Crippen LogP contribution in [-0.4, -0.2) is 29.5 Å².